The Morgan fingerprint density at radius 2 is 2.17 bits per heavy atom. The van der Waals surface area contributed by atoms with E-state index >= 15 is 0 Å². The van der Waals surface area contributed by atoms with Crippen molar-refractivity contribution >= 4 is 28.3 Å². The molecule has 0 fully saturated rings. The van der Waals surface area contributed by atoms with E-state index in [1.54, 1.807) is 0 Å². The molecule has 0 aliphatic carbocycles. The van der Waals surface area contributed by atoms with Gasteiger partial charge in [0.15, 0.2) is 5.13 Å². The number of nitrogens with zero attached hydrogens (tertiary/aromatic N) is 2. The Balaban J connectivity index is 2.18. The first-order valence-electron chi connectivity index (χ1n) is 6.36. The van der Waals surface area contributed by atoms with Gasteiger partial charge in [-0.3, -0.25) is 9.59 Å². The lowest BCUT2D eigenvalue weighted by Gasteiger charge is -2.22. The van der Waals surface area contributed by atoms with Gasteiger partial charge in [-0.15, -0.1) is 11.3 Å². The molecule has 6 nitrogen and oxygen atoms in total. The number of anilines is 1. The van der Waals surface area contributed by atoms with Gasteiger partial charge in [0.2, 0.25) is 5.91 Å². The zero-order valence-electron chi connectivity index (χ0n) is 11.9. The predicted octanol–water partition coefficient (Wildman–Crippen LogP) is 2.90. The number of rotatable bonds is 5. The first-order valence-corrected chi connectivity index (χ1v) is 7.24. The van der Waals surface area contributed by atoms with Crippen LogP contribution in [0.4, 0.5) is 18.3 Å². The molecule has 0 aliphatic heterocycles. The topological polar surface area (TPSA) is 75.4 Å². The molecule has 0 bridgehead atoms. The normalized spacial score (nSPS) is 11.3. The third-order valence-electron chi connectivity index (χ3n) is 2.59. The Morgan fingerprint density at radius 3 is 2.74 bits per heavy atom. The first-order chi connectivity index (χ1) is 10.7. The van der Waals surface area contributed by atoms with Crippen molar-refractivity contribution in [2.75, 3.05) is 11.9 Å². The number of amides is 2. The van der Waals surface area contributed by atoms with Gasteiger partial charge in [-0.2, -0.15) is 13.2 Å². The molecular weight excluding hydrogens is 335 g/mol. The van der Waals surface area contributed by atoms with Crippen LogP contribution in [0.3, 0.4) is 0 Å². The number of hydrogen-bond acceptors (Lipinski definition) is 5. The summed E-state index contributed by atoms with van der Waals surface area (Å²) in [5.41, 5.74) is -0.172. The molecule has 0 saturated carbocycles. The maximum atomic E-state index is 12.7. The van der Waals surface area contributed by atoms with Crippen LogP contribution in [0.5, 0.6) is 0 Å². The third kappa shape index (κ3) is 5.09. The van der Waals surface area contributed by atoms with Crippen LogP contribution in [0.1, 0.15) is 23.2 Å². The second-order valence-electron chi connectivity index (χ2n) is 4.57. The highest BCUT2D eigenvalue weighted by atomic mass is 32.1. The summed E-state index contributed by atoms with van der Waals surface area (Å²) in [5, 5.41) is 3.80. The van der Waals surface area contributed by atoms with Crippen molar-refractivity contribution in [2.24, 2.45) is 0 Å². The van der Waals surface area contributed by atoms with Crippen LogP contribution >= 0.6 is 11.3 Å². The van der Waals surface area contributed by atoms with Gasteiger partial charge in [0.25, 0.3) is 5.91 Å². The number of halogens is 3. The summed E-state index contributed by atoms with van der Waals surface area (Å²) in [6, 6.07) is 2.99. The fourth-order valence-electron chi connectivity index (χ4n) is 1.75. The van der Waals surface area contributed by atoms with Gasteiger partial charge < -0.3 is 14.6 Å². The average molecular weight is 347 g/mol. The second kappa shape index (κ2) is 6.82. The third-order valence-corrected chi connectivity index (χ3v) is 3.35. The Labute approximate surface area is 132 Å². The summed E-state index contributed by atoms with van der Waals surface area (Å²) in [6.45, 7) is -0.506. The number of alkyl halides is 3. The molecule has 2 heterocycles. The fourth-order valence-corrected chi connectivity index (χ4v) is 2.48. The molecule has 2 aromatic heterocycles. The van der Waals surface area contributed by atoms with Crippen LogP contribution in [0.15, 0.2) is 28.2 Å². The molecule has 2 amide bonds. The monoisotopic (exact) mass is 347 g/mol. The standard InChI is InChI=1S/C13H12F3N3O3S/c1-8(20)17-12-18-10(6-23-12)11(21)19(7-13(14,15)16)5-9-3-2-4-22-9/h2-4,6H,5,7H2,1H3,(H,17,18,20). The number of furan rings is 1. The lowest BCUT2D eigenvalue weighted by molar-refractivity contribution is -0.142. The molecule has 10 heteroatoms. The minimum Gasteiger partial charge on any atom is -0.467 e. The van der Waals surface area contributed by atoms with Crippen LogP contribution < -0.4 is 5.32 Å². The zero-order valence-corrected chi connectivity index (χ0v) is 12.7. The number of thiazole rings is 1. The maximum absolute atomic E-state index is 12.7. The van der Waals surface area contributed by atoms with E-state index in [1.807, 2.05) is 0 Å². The van der Waals surface area contributed by atoms with E-state index < -0.39 is 18.6 Å². The molecule has 0 aromatic carbocycles. The van der Waals surface area contributed by atoms with Crippen molar-refractivity contribution < 1.29 is 27.2 Å². The molecule has 0 spiro atoms. The van der Waals surface area contributed by atoms with E-state index in [9.17, 15) is 22.8 Å². The summed E-state index contributed by atoms with van der Waals surface area (Å²) in [6.07, 6.45) is -3.25. The lowest BCUT2D eigenvalue weighted by Crippen LogP contribution is -2.38. The van der Waals surface area contributed by atoms with E-state index in [0.29, 0.717) is 4.90 Å². The van der Waals surface area contributed by atoms with Crippen LogP contribution in [0.25, 0.3) is 0 Å². The van der Waals surface area contributed by atoms with Gasteiger partial charge in [0, 0.05) is 12.3 Å². The molecule has 0 radical (unpaired) electrons. The SMILES string of the molecule is CC(=O)Nc1nc(C(=O)N(Cc2ccco2)CC(F)(F)F)cs1. The molecule has 0 atom stereocenters. The summed E-state index contributed by atoms with van der Waals surface area (Å²) >= 11 is 0.954. The summed E-state index contributed by atoms with van der Waals surface area (Å²) < 4.78 is 43.1. The maximum Gasteiger partial charge on any atom is 0.406 e. The highest BCUT2D eigenvalue weighted by Crippen LogP contribution is 2.22. The highest BCUT2D eigenvalue weighted by Gasteiger charge is 2.34. The first kappa shape index (κ1) is 17.0. The quantitative estimate of drug-likeness (QED) is 0.902. The molecule has 1 N–H and O–H groups in total. The molecule has 0 aliphatic rings. The lowest BCUT2D eigenvalue weighted by atomic mass is 10.3. The van der Waals surface area contributed by atoms with Gasteiger partial charge in [-0.05, 0) is 12.1 Å². The van der Waals surface area contributed by atoms with Gasteiger partial charge in [0.1, 0.15) is 18.0 Å². The van der Waals surface area contributed by atoms with Crippen LogP contribution in [-0.2, 0) is 11.3 Å². The summed E-state index contributed by atoms with van der Waals surface area (Å²) in [5.74, 6) is -1.06. The van der Waals surface area contributed by atoms with E-state index in [1.165, 1.54) is 30.7 Å². The fraction of sp³-hybridized carbons (Fsp3) is 0.308. The van der Waals surface area contributed by atoms with Crippen molar-refractivity contribution in [3.05, 3.63) is 35.2 Å². The Kier molecular flexibility index (Phi) is 5.04. The van der Waals surface area contributed by atoms with Gasteiger partial charge >= 0.3 is 6.18 Å². The Bertz CT molecular complexity index is 682. The average Bonchev–Trinajstić information content (AvgIpc) is 3.06. The molecule has 2 aromatic rings. The van der Waals surface area contributed by atoms with Gasteiger partial charge in [-0.25, -0.2) is 4.98 Å². The van der Waals surface area contributed by atoms with Crippen molar-refractivity contribution in [3.63, 3.8) is 0 Å². The smallest absolute Gasteiger partial charge is 0.406 e. The number of carbonyl (C=O) groups is 2. The van der Waals surface area contributed by atoms with E-state index in [2.05, 4.69) is 10.3 Å². The molecule has 0 unspecified atom stereocenters. The number of nitrogens with one attached hydrogen (secondary N) is 1. The molecular formula is C13H12F3N3O3S. The molecule has 124 valence electrons. The van der Waals surface area contributed by atoms with Crippen molar-refractivity contribution in [3.8, 4) is 0 Å². The minimum absolute atomic E-state index is 0.144. The Hall–Kier alpha value is -2.36. The van der Waals surface area contributed by atoms with E-state index in [4.69, 9.17) is 4.42 Å². The number of aromatic nitrogens is 1. The van der Waals surface area contributed by atoms with Crippen molar-refractivity contribution in [1.82, 2.24) is 9.88 Å². The molecule has 23 heavy (non-hydrogen) atoms. The largest absolute Gasteiger partial charge is 0.467 e. The van der Waals surface area contributed by atoms with E-state index in [0.717, 1.165) is 11.3 Å². The molecule has 2 rings (SSSR count). The van der Waals surface area contributed by atoms with Crippen LogP contribution in [-0.4, -0.2) is 34.4 Å². The number of hydrogen-bond donors (Lipinski definition) is 1. The Morgan fingerprint density at radius 1 is 1.43 bits per heavy atom. The van der Waals surface area contributed by atoms with Crippen LogP contribution in [0.2, 0.25) is 0 Å². The predicted molar refractivity (Wildman–Crippen MR) is 75.9 cm³/mol. The van der Waals surface area contributed by atoms with Crippen LogP contribution in [0, 0.1) is 0 Å². The molecule has 0 saturated heterocycles. The minimum atomic E-state index is -4.56. The second-order valence-corrected chi connectivity index (χ2v) is 5.43. The number of carbonyl (C=O) groups excluding carboxylic acids is 2. The zero-order chi connectivity index (χ0) is 17.0. The summed E-state index contributed by atoms with van der Waals surface area (Å²) in [4.78, 5) is 27.6. The summed E-state index contributed by atoms with van der Waals surface area (Å²) in [7, 11) is 0. The van der Waals surface area contributed by atoms with Crippen molar-refractivity contribution in [1.29, 1.82) is 0 Å². The van der Waals surface area contributed by atoms with E-state index in [-0.39, 0.29) is 29.0 Å². The van der Waals surface area contributed by atoms with Gasteiger partial charge in [0.05, 0.1) is 12.8 Å². The van der Waals surface area contributed by atoms with Crippen molar-refractivity contribution in [2.45, 2.75) is 19.6 Å². The highest BCUT2D eigenvalue weighted by molar-refractivity contribution is 7.14. The van der Waals surface area contributed by atoms with Gasteiger partial charge in [-0.1, -0.05) is 0 Å².